The summed E-state index contributed by atoms with van der Waals surface area (Å²) < 4.78 is 10.6. The maximum absolute atomic E-state index is 12.3. The first-order valence-electron chi connectivity index (χ1n) is 8.94. The van der Waals surface area contributed by atoms with Gasteiger partial charge in [-0.1, -0.05) is 19.9 Å². The van der Waals surface area contributed by atoms with E-state index in [1.807, 2.05) is 23.1 Å². The van der Waals surface area contributed by atoms with Gasteiger partial charge in [0.05, 0.1) is 0 Å². The fourth-order valence-corrected chi connectivity index (χ4v) is 3.59. The third-order valence-corrected chi connectivity index (χ3v) is 4.71. The molecule has 2 unspecified atom stereocenters. The van der Waals surface area contributed by atoms with Crippen LogP contribution in [-0.2, 0) is 16.1 Å². The van der Waals surface area contributed by atoms with Crippen LogP contribution in [0.1, 0.15) is 38.7 Å². The van der Waals surface area contributed by atoms with Gasteiger partial charge >= 0.3 is 0 Å². The Kier molecular flexibility index (Phi) is 5.46. The number of piperidine rings is 1. The van der Waals surface area contributed by atoms with Crippen LogP contribution in [0.15, 0.2) is 18.2 Å². The Morgan fingerprint density at radius 2 is 1.84 bits per heavy atom. The van der Waals surface area contributed by atoms with E-state index >= 15 is 0 Å². The van der Waals surface area contributed by atoms with Crippen LogP contribution < -0.4 is 14.8 Å². The molecule has 136 valence electrons. The Hall–Kier alpha value is -2.24. The molecule has 6 nitrogen and oxygen atoms in total. The number of rotatable bonds is 5. The largest absolute Gasteiger partial charge is 0.454 e. The van der Waals surface area contributed by atoms with Gasteiger partial charge in [0.2, 0.25) is 18.6 Å². The second kappa shape index (κ2) is 7.76. The number of ether oxygens (including phenoxy) is 2. The SMILES string of the molecule is CC1CC(C)CN(C(=O)CCC(=O)NCc2ccc3c(c2)OCO3)C1. The summed E-state index contributed by atoms with van der Waals surface area (Å²) >= 11 is 0. The fourth-order valence-electron chi connectivity index (χ4n) is 3.59. The number of nitrogens with one attached hydrogen (secondary N) is 1. The third kappa shape index (κ3) is 4.65. The molecule has 0 saturated carbocycles. The van der Waals surface area contributed by atoms with Crippen LogP contribution in [0.25, 0.3) is 0 Å². The lowest BCUT2D eigenvalue weighted by molar-refractivity contribution is -0.135. The lowest BCUT2D eigenvalue weighted by Crippen LogP contribution is -2.42. The fraction of sp³-hybridized carbons (Fsp3) is 0.579. The predicted molar refractivity (Wildman–Crippen MR) is 93.2 cm³/mol. The van der Waals surface area contributed by atoms with Gasteiger partial charge in [-0.05, 0) is 36.0 Å². The highest BCUT2D eigenvalue weighted by atomic mass is 16.7. The summed E-state index contributed by atoms with van der Waals surface area (Å²) in [7, 11) is 0. The number of nitrogens with zero attached hydrogens (tertiary/aromatic N) is 1. The van der Waals surface area contributed by atoms with E-state index in [1.54, 1.807) is 0 Å². The maximum Gasteiger partial charge on any atom is 0.231 e. The number of fused-ring (bicyclic) bond motifs is 1. The van der Waals surface area contributed by atoms with Gasteiger partial charge in [-0.25, -0.2) is 0 Å². The molecule has 2 atom stereocenters. The summed E-state index contributed by atoms with van der Waals surface area (Å²) in [6.07, 6.45) is 1.66. The molecule has 2 aliphatic heterocycles. The van der Waals surface area contributed by atoms with Gasteiger partial charge in [-0.15, -0.1) is 0 Å². The van der Waals surface area contributed by atoms with Gasteiger partial charge in [0, 0.05) is 32.5 Å². The smallest absolute Gasteiger partial charge is 0.231 e. The number of amides is 2. The molecule has 1 fully saturated rings. The van der Waals surface area contributed by atoms with Crippen molar-refractivity contribution in [2.45, 2.75) is 39.7 Å². The molecule has 1 aromatic carbocycles. The van der Waals surface area contributed by atoms with Gasteiger partial charge < -0.3 is 19.7 Å². The standard InChI is InChI=1S/C19H26N2O4/c1-13-7-14(2)11-21(10-13)19(23)6-5-18(22)20-9-15-3-4-16-17(8-15)25-12-24-16/h3-4,8,13-14H,5-7,9-12H2,1-2H3,(H,20,22). The van der Waals surface area contributed by atoms with Crippen LogP contribution in [0.4, 0.5) is 0 Å². The van der Waals surface area contributed by atoms with Crippen molar-refractivity contribution < 1.29 is 19.1 Å². The van der Waals surface area contributed by atoms with E-state index in [2.05, 4.69) is 19.2 Å². The molecule has 0 aliphatic carbocycles. The molecule has 3 rings (SSSR count). The van der Waals surface area contributed by atoms with Crippen molar-refractivity contribution in [2.75, 3.05) is 19.9 Å². The molecule has 2 aliphatic rings. The second-order valence-electron chi connectivity index (χ2n) is 7.21. The summed E-state index contributed by atoms with van der Waals surface area (Å²) in [6, 6.07) is 5.60. The molecule has 2 heterocycles. The van der Waals surface area contributed by atoms with Crippen LogP contribution in [0.3, 0.4) is 0 Å². The molecule has 2 amide bonds. The van der Waals surface area contributed by atoms with E-state index in [1.165, 1.54) is 6.42 Å². The minimum absolute atomic E-state index is 0.0802. The molecule has 1 N–H and O–H groups in total. The quantitative estimate of drug-likeness (QED) is 0.888. The zero-order chi connectivity index (χ0) is 17.8. The number of hydrogen-bond donors (Lipinski definition) is 1. The Morgan fingerprint density at radius 1 is 1.12 bits per heavy atom. The second-order valence-corrected chi connectivity index (χ2v) is 7.21. The first-order chi connectivity index (χ1) is 12.0. The summed E-state index contributed by atoms with van der Waals surface area (Å²) in [4.78, 5) is 26.2. The maximum atomic E-state index is 12.3. The minimum atomic E-state index is -0.107. The first kappa shape index (κ1) is 17.6. The van der Waals surface area contributed by atoms with Gasteiger partial charge in [-0.2, -0.15) is 0 Å². The lowest BCUT2D eigenvalue weighted by Gasteiger charge is -2.35. The van der Waals surface area contributed by atoms with Crippen molar-refractivity contribution in [2.24, 2.45) is 11.8 Å². The normalized spacial score (nSPS) is 21.9. The molecule has 0 spiro atoms. The number of hydrogen-bond acceptors (Lipinski definition) is 4. The highest BCUT2D eigenvalue weighted by molar-refractivity contribution is 5.83. The summed E-state index contributed by atoms with van der Waals surface area (Å²) in [5.74, 6) is 2.47. The molecule has 0 bridgehead atoms. The minimum Gasteiger partial charge on any atom is -0.454 e. The number of carbonyl (C=O) groups excluding carboxylic acids is 2. The van der Waals surface area contributed by atoms with E-state index in [-0.39, 0.29) is 31.4 Å². The average Bonchev–Trinajstić information content (AvgIpc) is 3.04. The van der Waals surface area contributed by atoms with Crippen LogP contribution >= 0.6 is 0 Å². The van der Waals surface area contributed by atoms with Crippen molar-refractivity contribution in [3.8, 4) is 11.5 Å². The van der Waals surface area contributed by atoms with Gasteiger partial charge in [0.1, 0.15) is 0 Å². The van der Waals surface area contributed by atoms with E-state index in [0.29, 0.717) is 24.1 Å². The average molecular weight is 346 g/mol. The van der Waals surface area contributed by atoms with Gasteiger partial charge in [0.15, 0.2) is 11.5 Å². The van der Waals surface area contributed by atoms with Gasteiger partial charge in [0.25, 0.3) is 0 Å². The summed E-state index contributed by atoms with van der Waals surface area (Å²) in [5, 5.41) is 2.86. The zero-order valence-corrected chi connectivity index (χ0v) is 14.9. The highest BCUT2D eigenvalue weighted by Crippen LogP contribution is 2.32. The van der Waals surface area contributed by atoms with E-state index in [9.17, 15) is 9.59 Å². The van der Waals surface area contributed by atoms with Crippen LogP contribution in [0, 0.1) is 11.8 Å². The molecule has 0 radical (unpaired) electrons. The van der Waals surface area contributed by atoms with Crippen molar-refractivity contribution in [3.05, 3.63) is 23.8 Å². The molecule has 0 aromatic heterocycles. The number of benzene rings is 1. The molecule has 1 aromatic rings. The Balaban J connectivity index is 1.41. The first-order valence-corrected chi connectivity index (χ1v) is 8.94. The summed E-state index contributed by atoms with van der Waals surface area (Å²) in [6.45, 7) is 6.62. The van der Waals surface area contributed by atoms with E-state index < -0.39 is 0 Å². The van der Waals surface area contributed by atoms with E-state index in [4.69, 9.17) is 9.47 Å². The molecule has 1 saturated heterocycles. The zero-order valence-electron chi connectivity index (χ0n) is 14.9. The molecule has 6 heteroatoms. The molecular weight excluding hydrogens is 320 g/mol. The molecular formula is C19H26N2O4. The van der Waals surface area contributed by atoms with Crippen LogP contribution in [0.5, 0.6) is 11.5 Å². The van der Waals surface area contributed by atoms with Gasteiger partial charge in [-0.3, -0.25) is 9.59 Å². The number of likely N-dealkylation sites (tertiary alicyclic amines) is 1. The third-order valence-electron chi connectivity index (χ3n) is 4.71. The van der Waals surface area contributed by atoms with E-state index in [0.717, 1.165) is 24.4 Å². The monoisotopic (exact) mass is 346 g/mol. The van der Waals surface area contributed by atoms with Crippen molar-refractivity contribution in [1.29, 1.82) is 0 Å². The van der Waals surface area contributed by atoms with Crippen molar-refractivity contribution in [3.63, 3.8) is 0 Å². The Morgan fingerprint density at radius 3 is 2.60 bits per heavy atom. The topological polar surface area (TPSA) is 67.9 Å². The number of carbonyl (C=O) groups is 2. The molecule has 25 heavy (non-hydrogen) atoms. The highest BCUT2D eigenvalue weighted by Gasteiger charge is 2.25. The summed E-state index contributed by atoms with van der Waals surface area (Å²) in [5.41, 5.74) is 0.947. The van der Waals surface area contributed by atoms with Crippen molar-refractivity contribution >= 4 is 11.8 Å². The van der Waals surface area contributed by atoms with Crippen LogP contribution in [0.2, 0.25) is 0 Å². The Bertz CT molecular complexity index is 636. The predicted octanol–water partition coefficient (Wildman–Crippen LogP) is 2.32. The van der Waals surface area contributed by atoms with Crippen LogP contribution in [-0.4, -0.2) is 36.6 Å². The lowest BCUT2D eigenvalue weighted by atomic mass is 9.91. The van der Waals surface area contributed by atoms with Crippen molar-refractivity contribution in [1.82, 2.24) is 10.2 Å². The Labute approximate surface area is 148 Å².